The standard InChI is InChI=1S/C28H30FN5O3/c29-24-6-4-20(5-7-24)15-21-3-1-11-34(19-21)12-2-8-32-28(35)33-25-17-22(26-30-9-13-36-26)16-23(18-25)27-31-10-14-37-27/h4-7,9-10,13-14,16-18,21H,1-3,8,11-12,15,19H2,(H2,32,33,35). The normalized spacial score (nSPS) is 16.0. The lowest BCUT2D eigenvalue weighted by Crippen LogP contribution is -2.38. The number of hydrogen-bond donors (Lipinski definition) is 2. The van der Waals surface area contributed by atoms with Crippen molar-refractivity contribution in [2.24, 2.45) is 5.92 Å². The van der Waals surface area contributed by atoms with Gasteiger partial charge in [-0.1, -0.05) is 12.1 Å². The molecule has 1 fully saturated rings. The van der Waals surface area contributed by atoms with Crippen LogP contribution in [0.25, 0.3) is 22.9 Å². The first-order valence-corrected chi connectivity index (χ1v) is 12.6. The lowest BCUT2D eigenvalue weighted by atomic mass is 9.91. The number of likely N-dealkylation sites (tertiary alicyclic amines) is 1. The highest BCUT2D eigenvalue weighted by atomic mass is 19.1. The van der Waals surface area contributed by atoms with Crippen LogP contribution in [0.3, 0.4) is 0 Å². The first kappa shape index (κ1) is 24.7. The zero-order chi connectivity index (χ0) is 25.5. The van der Waals surface area contributed by atoms with Crippen LogP contribution in [-0.4, -0.2) is 47.1 Å². The van der Waals surface area contributed by atoms with Crippen molar-refractivity contribution in [1.82, 2.24) is 20.2 Å². The van der Waals surface area contributed by atoms with Crippen molar-refractivity contribution in [3.63, 3.8) is 0 Å². The van der Waals surface area contributed by atoms with E-state index >= 15 is 0 Å². The monoisotopic (exact) mass is 503 g/mol. The number of hydrogen-bond acceptors (Lipinski definition) is 6. The molecule has 2 amide bonds. The van der Waals surface area contributed by atoms with Crippen LogP contribution in [0.1, 0.15) is 24.8 Å². The van der Waals surface area contributed by atoms with Crippen LogP contribution in [0.2, 0.25) is 0 Å². The number of carbonyl (C=O) groups excluding carboxylic acids is 1. The molecule has 1 atom stereocenters. The van der Waals surface area contributed by atoms with Gasteiger partial charge < -0.3 is 24.4 Å². The van der Waals surface area contributed by atoms with Crippen molar-refractivity contribution in [2.75, 3.05) is 31.5 Å². The van der Waals surface area contributed by atoms with Crippen molar-refractivity contribution in [2.45, 2.75) is 25.7 Å². The molecule has 37 heavy (non-hydrogen) atoms. The van der Waals surface area contributed by atoms with Gasteiger partial charge in [0.2, 0.25) is 11.8 Å². The molecule has 0 bridgehead atoms. The van der Waals surface area contributed by atoms with E-state index in [2.05, 4.69) is 25.5 Å². The summed E-state index contributed by atoms with van der Waals surface area (Å²) >= 11 is 0. The number of carbonyl (C=O) groups is 1. The van der Waals surface area contributed by atoms with Crippen molar-refractivity contribution in [3.05, 3.63) is 78.8 Å². The third-order valence-electron chi connectivity index (χ3n) is 6.53. The fraction of sp³-hybridized carbons (Fsp3) is 0.321. The summed E-state index contributed by atoms with van der Waals surface area (Å²) in [6.07, 6.45) is 10.3. The average Bonchev–Trinajstić information content (AvgIpc) is 3.63. The average molecular weight is 504 g/mol. The maximum atomic E-state index is 13.2. The third-order valence-corrected chi connectivity index (χ3v) is 6.53. The molecule has 1 aliphatic heterocycles. The summed E-state index contributed by atoms with van der Waals surface area (Å²) in [6, 6.07) is 12.0. The smallest absolute Gasteiger partial charge is 0.319 e. The number of amides is 2. The number of nitrogens with one attached hydrogen (secondary N) is 2. The molecule has 5 rings (SSSR count). The van der Waals surface area contributed by atoms with E-state index < -0.39 is 0 Å². The van der Waals surface area contributed by atoms with Gasteiger partial charge >= 0.3 is 6.03 Å². The van der Waals surface area contributed by atoms with Crippen LogP contribution in [0.15, 0.2) is 76.2 Å². The molecular weight excluding hydrogens is 473 g/mol. The van der Waals surface area contributed by atoms with Crippen LogP contribution in [0.4, 0.5) is 14.9 Å². The van der Waals surface area contributed by atoms with Gasteiger partial charge in [-0.2, -0.15) is 0 Å². The minimum absolute atomic E-state index is 0.192. The second kappa shape index (κ2) is 11.8. The van der Waals surface area contributed by atoms with Gasteiger partial charge in [0.25, 0.3) is 0 Å². The summed E-state index contributed by atoms with van der Waals surface area (Å²) in [6.45, 7) is 3.59. The fourth-order valence-electron chi connectivity index (χ4n) is 4.83. The number of urea groups is 1. The molecule has 1 aliphatic rings. The summed E-state index contributed by atoms with van der Waals surface area (Å²) < 4.78 is 24.0. The van der Waals surface area contributed by atoms with Gasteiger partial charge in [0.15, 0.2) is 0 Å². The van der Waals surface area contributed by atoms with E-state index in [1.165, 1.54) is 36.6 Å². The zero-order valence-electron chi connectivity index (χ0n) is 20.5. The van der Waals surface area contributed by atoms with E-state index in [1.54, 1.807) is 24.5 Å². The highest BCUT2D eigenvalue weighted by Gasteiger charge is 2.20. The summed E-state index contributed by atoms with van der Waals surface area (Å²) in [4.78, 5) is 23.5. The van der Waals surface area contributed by atoms with Crippen LogP contribution in [-0.2, 0) is 6.42 Å². The molecule has 8 nitrogen and oxygen atoms in total. The quantitative estimate of drug-likeness (QED) is 0.289. The van der Waals surface area contributed by atoms with Gasteiger partial charge in [-0.15, -0.1) is 0 Å². The highest BCUT2D eigenvalue weighted by Crippen LogP contribution is 2.29. The molecule has 0 spiro atoms. The first-order valence-electron chi connectivity index (χ1n) is 12.6. The Labute approximate surface area is 214 Å². The molecule has 0 radical (unpaired) electrons. The van der Waals surface area contributed by atoms with Crippen molar-refractivity contribution in [1.29, 1.82) is 0 Å². The Kier molecular flexibility index (Phi) is 7.90. The van der Waals surface area contributed by atoms with E-state index in [0.29, 0.717) is 41.1 Å². The highest BCUT2D eigenvalue weighted by molar-refractivity contribution is 5.91. The number of oxazole rings is 2. The second-order valence-corrected chi connectivity index (χ2v) is 9.35. The maximum absolute atomic E-state index is 13.2. The minimum Gasteiger partial charge on any atom is -0.445 e. The molecular formula is C28H30FN5O3. The summed E-state index contributed by atoms with van der Waals surface area (Å²) in [5.41, 5.74) is 3.18. The molecule has 0 saturated carbocycles. The zero-order valence-corrected chi connectivity index (χ0v) is 20.5. The molecule has 1 unspecified atom stereocenters. The summed E-state index contributed by atoms with van der Waals surface area (Å²) in [5.74, 6) is 1.26. The largest absolute Gasteiger partial charge is 0.445 e. The lowest BCUT2D eigenvalue weighted by Gasteiger charge is -2.32. The fourth-order valence-corrected chi connectivity index (χ4v) is 4.83. The maximum Gasteiger partial charge on any atom is 0.319 e. The van der Waals surface area contributed by atoms with E-state index in [0.717, 1.165) is 38.9 Å². The van der Waals surface area contributed by atoms with E-state index in [1.807, 2.05) is 18.2 Å². The van der Waals surface area contributed by atoms with Gasteiger partial charge in [0, 0.05) is 29.9 Å². The molecule has 0 aliphatic carbocycles. The van der Waals surface area contributed by atoms with Crippen LogP contribution in [0.5, 0.6) is 0 Å². The summed E-state index contributed by atoms with van der Waals surface area (Å²) in [7, 11) is 0. The van der Waals surface area contributed by atoms with Gasteiger partial charge in [0.1, 0.15) is 18.3 Å². The van der Waals surface area contributed by atoms with Gasteiger partial charge in [-0.3, -0.25) is 0 Å². The van der Waals surface area contributed by atoms with E-state index in [9.17, 15) is 9.18 Å². The molecule has 3 heterocycles. The van der Waals surface area contributed by atoms with Crippen molar-refractivity contribution < 1.29 is 18.0 Å². The Hall–Kier alpha value is -3.98. The van der Waals surface area contributed by atoms with Crippen molar-refractivity contribution in [3.8, 4) is 22.9 Å². The number of nitrogens with zero attached hydrogens (tertiary/aromatic N) is 3. The minimum atomic E-state index is -0.282. The second-order valence-electron chi connectivity index (χ2n) is 9.35. The Balaban J connectivity index is 1.10. The molecule has 4 aromatic rings. The molecule has 9 heteroatoms. The molecule has 192 valence electrons. The SMILES string of the molecule is O=C(NCCCN1CCCC(Cc2ccc(F)cc2)C1)Nc1cc(-c2ncco2)cc(-c2ncco2)c1. The predicted octanol–water partition coefficient (Wildman–Crippen LogP) is 5.60. The Morgan fingerprint density at radius 3 is 2.38 bits per heavy atom. The topological polar surface area (TPSA) is 96.4 Å². The number of rotatable bonds is 9. The summed E-state index contributed by atoms with van der Waals surface area (Å²) in [5, 5.41) is 5.84. The number of anilines is 1. The third kappa shape index (κ3) is 6.83. The molecule has 2 N–H and O–H groups in total. The molecule has 2 aromatic heterocycles. The molecule has 1 saturated heterocycles. The number of aromatic nitrogens is 2. The number of benzene rings is 2. The van der Waals surface area contributed by atoms with E-state index in [4.69, 9.17) is 8.83 Å². The lowest BCUT2D eigenvalue weighted by molar-refractivity contribution is 0.172. The van der Waals surface area contributed by atoms with Gasteiger partial charge in [-0.05, 0) is 80.6 Å². The van der Waals surface area contributed by atoms with Gasteiger partial charge in [0.05, 0.1) is 12.4 Å². The van der Waals surface area contributed by atoms with Crippen LogP contribution >= 0.6 is 0 Å². The molecule has 2 aromatic carbocycles. The van der Waals surface area contributed by atoms with Gasteiger partial charge in [-0.25, -0.2) is 19.2 Å². The Morgan fingerprint density at radius 1 is 1.03 bits per heavy atom. The van der Waals surface area contributed by atoms with Crippen molar-refractivity contribution >= 4 is 11.7 Å². The Bertz CT molecular complexity index is 1220. The predicted molar refractivity (Wildman–Crippen MR) is 138 cm³/mol. The number of piperidine rings is 1. The van der Waals surface area contributed by atoms with Crippen LogP contribution in [0, 0.1) is 11.7 Å². The van der Waals surface area contributed by atoms with E-state index in [-0.39, 0.29) is 11.8 Å². The number of halogens is 1. The Morgan fingerprint density at radius 2 is 1.73 bits per heavy atom. The van der Waals surface area contributed by atoms with Crippen LogP contribution < -0.4 is 10.6 Å². The first-order chi connectivity index (χ1) is 18.1.